The quantitative estimate of drug-likeness (QED) is 0.391. The van der Waals surface area contributed by atoms with Crippen LogP contribution in [0.4, 0.5) is 0 Å². The van der Waals surface area contributed by atoms with E-state index < -0.39 is 24.0 Å². The third kappa shape index (κ3) is 6.05. The highest BCUT2D eigenvalue weighted by atomic mass is 16.4. The average Bonchev–Trinajstić information content (AvgIpc) is 3.15. The van der Waals surface area contributed by atoms with Gasteiger partial charge in [0.2, 0.25) is 11.8 Å². The number of aromatic nitrogens is 1. The molecule has 1 saturated heterocycles. The molecule has 9 heteroatoms. The molecule has 2 atom stereocenters. The van der Waals surface area contributed by atoms with E-state index in [-0.39, 0.29) is 24.8 Å². The molecule has 168 valence electrons. The van der Waals surface area contributed by atoms with Gasteiger partial charge in [0.1, 0.15) is 12.1 Å². The Morgan fingerprint density at radius 3 is 2.52 bits per heavy atom. The first-order chi connectivity index (χ1) is 14.8. The number of carbonyl (C=O) groups excluding carboxylic acids is 2. The van der Waals surface area contributed by atoms with Crippen LogP contribution < -0.4 is 16.0 Å². The number of nitrogens with zero attached hydrogens (tertiary/aromatic N) is 1. The van der Waals surface area contributed by atoms with Gasteiger partial charge in [0.15, 0.2) is 0 Å². The first-order valence-electron chi connectivity index (χ1n) is 10.7. The van der Waals surface area contributed by atoms with Crippen molar-refractivity contribution in [3.05, 3.63) is 36.0 Å². The Bertz CT molecular complexity index is 920. The van der Waals surface area contributed by atoms with Gasteiger partial charge in [-0.25, -0.2) is 4.79 Å². The van der Waals surface area contributed by atoms with Crippen molar-refractivity contribution in [1.82, 2.24) is 25.8 Å². The SMILES string of the molecule is CC(C)[C@H](NC(=O)CN1CCNCC1)C(=O)N[C@@H](Cc1c[nH]c2ccccc12)C(=O)O. The number of aromatic amines is 1. The summed E-state index contributed by atoms with van der Waals surface area (Å²) in [6.07, 6.45) is 1.91. The fraction of sp³-hybridized carbons (Fsp3) is 0.500. The van der Waals surface area contributed by atoms with Gasteiger partial charge in [-0.15, -0.1) is 0 Å². The smallest absolute Gasteiger partial charge is 0.326 e. The van der Waals surface area contributed by atoms with Crippen LogP contribution in [-0.4, -0.2) is 77.6 Å². The standard InChI is InChI=1S/C22H31N5O4/c1-14(2)20(26-19(28)13-27-9-7-23-8-10-27)21(29)25-18(22(30)31)11-15-12-24-17-6-4-3-5-16(15)17/h3-6,12,14,18,20,23-24H,7-11,13H2,1-2H3,(H,25,29)(H,26,28)(H,30,31)/t18-,20-/m0/s1. The summed E-state index contributed by atoms with van der Waals surface area (Å²) in [6, 6.07) is 5.70. The van der Waals surface area contributed by atoms with Crippen LogP contribution in [0.5, 0.6) is 0 Å². The van der Waals surface area contributed by atoms with E-state index in [9.17, 15) is 19.5 Å². The monoisotopic (exact) mass is 429 g/mol. The van der Waals surface area contributed by atoms with Gasteiger partial charge < -0.3 is 26.0 Å². The maximum atomic E-state index is 12.9. The Kier molecular flexibility index (Phi) is 7.64. The molecule has 2 aromatic rings. The third-order valence-electron chi connectivity index (χ3n) is 5.56. The number of carbonyl (C=O) groups is 3. The Morgan fingerprint density at radius 2 is 1.84 bits per heavy atom. The van der Waals surface area contributed by atoms with E-state index in [0.717, 1.165) is 42.6 Å². The van der Waals surface area contributed by atoms with E-state index >= 15 is 0 Å². The number of carboxylic acids is 1. The van der Waals surface area contributed by atoms with Crippen LogP contribution in [0, 0.1) is 5.92 Å². The first kappa shape index (κ1) is 22.8. The molecule has 0 unspecified atom stereocenters. The summed E-state index contributed by atoms with van der Waals surface area (Å²) in [4.78, 5) is 42.4. The van der Waals surface area contributed by atoms with Crippen molar-refractivity contribution in [1.29, 1.82) is 0 Å². The highest BCUT2D eigenvalue weighted by Crippen LogP contribution is 2.19. The molecule has 9 nitrogen and oxygen atoms in total. The van der Waals surface area contributed by atoms with E-state index in [0.29, 0.717) is 0 Å². The number of nitrogens with one attached hydrogen (secondary N) is 4. The molecule has 1 aliphatic rings. The summed E-state index contributed by atoms with van der Waals surface area (Å²) in [5.74, 6) is -2.03. The lowest BCUT2D eigenvalue weighted by Crippen LogP contribution is -2.56. The van der Waals surface area contributed by atoms with Gasteiger partial charge in [-0.3, -0.25) is 14.5 Å². The Balaban J connectivity index is 1.64. The zero-order chi connectivity index (χ0) is 22.4. The minimum Gasteiger partial charge on any atom is -0.480 e. The van der Waals surface area contributed by atoms with Crippen LogP contribution in [0.1, 0.15) is 19.4 Å². The Hall–Kier alpha value is -2.91. The fourth-order valence-electron chi connectivity index (χ4n) is 3.81. The number of H-pyrrole nitrogens is 1. The normalized spacial score (nSPS) is 16.7. The molecule has 2 heterocycles. The fourth-order valence-corrected chi connectivity index (χ4v) is 3.81. The average molecular weight is 430 g/mol. The number of piperazine rings is 1. The minimum absolute atomic E-state index is 0.143. The molecule has 5 N–H and O–H groups in total. The second-order valence-corrected chi connectivity index (χ2v) is 8.28. The van der Waals surface area contributed by atoms with Gasteiger partial charge in [-0.2, -0.15) is 0 Å². The molecular weight excluding hydrogens is 398 g/mol. The zero-order valence-corrected chi connectivity index (χ0v) is 18.0. The van der Waals surface area contributed by atoms with Gasteiger partial charge in [0.25, 0.3) is 0 Å². The van der Waals surface area contributed by atoms with Crippen molar-refractivity contribution in [3.8, 4) is 0 Å². The topological polar surface area (TPSA) is 127 Å². The van der Waals surface area contributed by atoms with Gasteiger partial charge in [0, 0.05) is 49.7 Å². The van der Waals surface area contributed by atoms with Crippen LogP contribution in [0.3, 0.4) is 0 Å². The number of amides is 2. The number of hydrogen-bond donors (Lipinski definition) is 5. The number of hydrogen-bond acceptors (Lipinski definition) is 5. The Morgan fingerprint density at radius 1 is 1.13 bits per heavy atom. The van der Waals surface area contributed by atoms with Crippen LogP contribution in [0.2, 0.25) is 0 Å². The van der Waals surface area contributed by atoms with E-state index in [1.807, 2.05) is 43.0 Å². The summed E-state index contributed by atoms with van der Waals surface area (Å²) >= 11 is 0. The van der Waals surface area contributed by atoms with Crippen LogP contribution in [0.15, 0.2) is 30.5 Å². The van der Waals surface area contributed by atoms with Crippen molar-refractivity contribution in [2.75, 3.05) is 32.7 Å². The first-order valence-corrected chi connectivity index (χ1v) is 10.7. The predicted molar refractivity (Wildman–Crippen MR) is 118 cm³/mol. The largest absolute Gasteiger partial charge is 0.480 e. The van der Waals surface area contributed by atoms with Gasteiger partial charge in [0.05, 0.1) is 6.54 Å². The number of fused-ring (bicyclic) bond motifs is 1. The molecular formula is C22H31N5O4. The van der Waals surface area contributed by atoms with E-state index in [4.69, 9.17) is 0 Å². The molecule has 0 spiro atoms. The molecule has 1 aromatic carbocycles. The Labute approximate surface area is 181 Å². The third-order valence-corrected chi connectivity index (χ3v) is 5.56. The highest BCUT2D eigenvalue weighted by molar-refractivity contribution is 5.91. The maximum absolute atomic E-state index is 12.9. The molecule has 31 heavy (non-hydrogen) atoms. The van der Waals surface area contributed by atoms with E-state index in [1.165, 1.54) is 0 Å². The molecule has 0 bridgehead atoms. The molecule has 2 amide bonds. The number of carboxylic acid groups (broad SMARTS) is 1. The van der Waals surface area contributed by atoms with Crippen LogP contribution >= 0.6 is 0 Å². The van der Waals surface area contributed by atoms with Crippen molar-refractivity contribution < 1.29 is 19.5 Å². The number of rotatable bonds is 9. The number of aliphatic carboxylic acids is 1. The second kappa shape index (κ2) is 10.4. The molecule has 1 fully saturated rings. The number of para-hydroxylation sites is 1. The van der Waals surface area contributed by atoms with Crippen molar-refractivity contribution in [2.45, 2.75) is 32.4 Å². The molecule has 0 saturated carbocycles. The summed E-state index contributed by atoms with van der Waals surface area (Å²) in [5, 5.41) is 19.2. The van der Waals surface area contributed by atoms with Crippen molar-refractivity contribution >= 4 is 28.7 Å². The molecule has 1 aliphatic heterocycles. The van der Waals surface area contributed by atoms with Crippen LogP contribution in [0.25, 0.3) is 10.9 Å². The molecule has 3 rings (SSSR count). The minimum atomic E-state index is -1.12. The number of benzene rings is 1. The van der Waals surface area contributed by atoms with Gasteiger partial charge >= 0.3 is 5.97 Å². The second-order valence-electron chi connectivity index (χ2n) is 8.28. The highest BCUT2D eigenvalue weighted by Gasteiger charge is 2.29. The van der Waals surface area contributed by atoms with E-state index in [1.54, 1.807) is 6.20 Å². The summed E-state index contributed by atoms with van der Waals surface area (Å²) in [5.41, 5.74) is 1.72. The van der Waals surface area contributed by atoms with Crippen molar-refractivity contribution in [2.24, 2.45) is 5.92 Å². The lowest BCUT2D eigenvalue weighted by molar-refractivity contribution is -0.142. The van der Waals surface area contributed by atoms with E-state index in [2.05, 4.69) is 20.9 Å². The molecule has 0 aliphatic carbocycles. The lowest BCUT2D eigenvalue weighted by atomic mass is 10.0. The lowest BCUT2D eigenvalue weighted by Gasteiger charge is -2.28. The summed E-state index contributed by atoms with van der Waals surface area (Å²) in [6.45, 7) is 7.08. The van der Waals surface area contributed by atoms with Gasteiger partial charge in [-0.1, -0.05) is 32.0 Å². The molecule has 1 aromatic heterocycles. The van der Waals surface area contributed by atoms with Crippen LogP contribution in [-0.2, 0) is 20.8 Å². The summed E-state index contributed by atoms with van der Waals surface area (Å²) in [7, 11) is 0. The molecule has 0 radical (unpaired) electrons. The van der Waals surface area contributed by atoms with Crippen molar-refractivity contribution in [3.63, 3.8) is 0 Å². The zero-order valence-electron chi connectivity index (χ0n) is 18.0. The maximum Gasteiger partial charge on any atom is 0.326 e. The predicted octanol–water partition coefficient (Wildman–Crippen LogP) is 0.326. The van der Waals surface area contributed by atoms with Gasteiger partial charge in [-0.05, 0) is 17.5 Å². The summed E-state index contributed by atoms with van der Waals surface area (Å²) < 4.78 is 0.